The van der Waals surface area contributed by atoms with Crippen molar-refractivity contribution in [3.63, 3.8) is 0 Å². The molecule has 0 radical (unpaired) electrons. The lowest BCUT2D eigenvalue weighted by Gasteiger charge is -2.40. The van der Waals surface area contributed by atoms with E-state index in [1.54, 1.807) is 14.0 Å². The van der Waals surface area contributed by atoms with Crippen LogP contribution >= 0.6 is 0 Å². The number of aromatic nitrogens is 3. The predicted octanol–water partition coefficient (Wildman–Crippen LogP) is 4.34. The minimum Gasteiger partial charge on any atom is -0.503 e. The van der Waals surface area contributed by atoms with E-state index in [0.29, 0.717) is 97.3 Å². The number of ether oxygens (including phenoxy) is 3. The van der Waals surface area contributed by atoms with Crippen molar-refractivity contribution in [2.45, 2.75) is 107 Å². The topological polar surface area (TPSA) is 250 Å². The number of methoxy groups -OCH3 is 3. The van der Waals surface area contributed by atoms with E-state index in [0.717, 1.165) is 38.0 Å². The van der Waals surface area contributed by atoms with E-state index in [1.807, 2.05) is 9.80 Å². The van der Waals surface area contributed by atoms with Gasteiger partial charge in [-0.05, 0) is 91.8 Å². The summed E-state index contributed by atoms with van der Waals surface area (Å²) in [6.45, 7) is 0.208. The fourth-order valence-corrected chi connectivity index (χ4v) is 17.6. The van der Waals surface area contributed by atoms with E-state index in [2.05, 4.69) is 10.6 Å². The number of benzene rings is 2. The van der Waals surface area contributed by atoms with E-state index in [9.17, 15) is 74.6 Å². The molecule has 9 fully saturated rings. The second-order valence-electron chi connectivity index (χ2n) is 25.5. The second kappa shape index (κ2) is 20.1. The Morgan fingerprint density at radius 3 is 1.16 bits per heavy atom. The molecule has 0 spiro atoms. The maximum absolute atomic E-state index is 13.9. The van der Waals surface area contributed by atoms with E-state index in [4.69, 9.17) is 14.2 Å². The summed E-state index contributed by atoms with van der Waals surface area (Å²) in [6.07, 6.45) is 10.4. The molecule has 27 heteroatoms. The van der Waals surface area contributed by atoms with Gasteiger partial charge in [-0.2, -0.15) is 0 Å². The van der Waals surface area contributed by atoms with Gasteiger partial charge in [-0.25, -0.2) is 31.1 Å². The number of amides is 5. The van der Waals surface area contributed by atoms with Crippen LogP contribution in [0.4, 0.5) is 26.3 Å². The van der Waals surface area contributed by atoms with Gasteiger partial charge in [0.1, 0.15) is 51.6 Å². The Kier molecular flexibility index (Phi) is 12.7. The molecule has 3 N–H and O–H groups in total. The number of aromatic hydroxyl groups is 1. The number of hydrogen-bond acceptors (Lipinski definition) is 13. The number of pyridine rings is 3. The molecule has 5 aromatic rings. The van der Waals surface area contributed by atoms with E-state index in [-0.39, 0.29) is 81.7 Å². The first kappa shape index (κ1) is 56.6. The standard InChI is InChI=1S/C23H20F3N3O4.C22H18F3N3O4.C17H18N2O5/c1-33-21-19-23(32)29-17-5-12(10-4-11(10)17)18(29)8-28(19)7-14(20(21)30)22(31)27-6-13-15(25)2-9(24)3-16(13)26;23-8-1-14(24)12(15(25)2-8)5-26-21(31)13-6-27-7-17-11-4-16(10-3-9(10)11)28(17)22(32)18(27)20(30)19(13)29;1-23-15-13-16(21)19-11-4-9(7-3-8(7)11)12(19)6-18(13)5-10(14(15)20)17(22)24-2/h2-3,7,10-12,17-18H,4-6,8H2,1H3,(H,27,31);1-2,6,9-11,16-17,30H,3-5,7H2,(H,26,31);5,7-9,11-12H,3-4,6H2,1-2H3/t10-,11+,12-,17+,18-;9-,10+,11-,16+,17-;7-,8+,9-,11+,12-/m111/s1. The van der Waals surface area contributed by atoms with Crippen LogP contribution in [0.2, 0.25) is 0 Å². The first-order chi connectivity index (χ1) is 42.6. The fourth-order valence-electron chi connectivity index (χ4n) is 17.6. The van der Waals surface area contributed by atoms with Crippen LogP contribution in [-0.2, 0) is 37.5 Å². The number of esters is 1. The molecule has 6 saturated carbocycles. The highest BCUT2D eigenvalue weighted by Gasteiger charge is 2.69. The first-order valence-electron chi connectivity index (χ1n) is 29.6. The molecule has 3 aromatic heterocycles. The molecular weight excluding hydrogens is 1180 g/mol. The summed E-state index contributed by atoms with van der Waals surface area (Å²) in [4.78, 5) is 121. The molecule has 12 aliphatic rings. The molecule has 89 heavy (non-hydrogen) atoms. The summed E-state index contributed by atoms with van der Waals surface area (Å²) in [5, 5.41) is 15.0. The zero-order chi connectivity index (χ0) is 62.4. The van der Waals surface area contributed by atoms with Crippen molar-refractivity contribution in [3.05, 3.63) is 153 Å². The minimum absolute atomic E-state index is 0.0178. The number of halogens is 6. The zero-order valence-electron chi connectivity index (χ0n) is 47.8. The molecule has 0 unspecified atom stereocenters. The maximum atomic E-state index is 13.9. The highest BCUT2D eigenvalue weighted by atomic mass is 19.2. The summed E-state index contributed by atoms with van der Waals surface area (Å²) in [5.41, 5.74) is -4.07. The van der Waals surface area contributed by atoms with Gasteiger partial charge in [0.15, 0.2) is 34.3 Å². The average molecular weight is 1240 g/mol. The van der Waals surface area contributed by atoms with Crippen LogP contribution in [0.1, 0.15) is 112 Å². The molecule has 15 atom stereocenters. The Bertz CT molecular complexity index is 4200. The molecular formula is C62H56F6N8O13. The molecule has 6 bridgehead atoms. The number of fused-ring (bicyclic) bond motifs is 27. The molecule has 17 rings (SSSR count). The lowest BCUT2D eigenvalue weighted by atomic mass is 9.94. The van der Waals surface area contributed by atoms with Crippen LogP contribution in [0.25, 0.3) is 0 Å². The van der Waals surface area contributed by atoms with Crippen molar-refractivity contribution >= 4 is 35.5 Å². The van der Waals surface area contributed by atoms with Gasteiger partial charge < -0.3 is 58.4 Å². The lowest BCUT2D eigenvalue weighted by molar-refractivity contribution is 0.0456. The number of nitrogens with one attached hydrogen (secondary N) is 2. The van der Waals surface area contributed by atoms with Crippen LogP contribution in [0.3, 0.4) is 0 Å². The van der Waals surface area contributed by atoms with E-state index < -0.39 is 110 Å². The summed E-state index contributed by atoms with van der Waals surface area (Å²) < 4.78 is 102. The van der Waals surface area contributed by atoms with Gasteiger partial charge in [-0.3, -0.25) is 38.4 Å². The molecule has 3 saturated heterocycles. The van der Waals surface area contributed by atoms with Crippen molar-refractivity contribution in [1.82, 2.24) is 39.0 Å². The number of carbonyl (C=O) groups is 6. The van der Waals surface area contributed by atoms with Crippen molar-refractivity contribution in [2.75, 3.05) is 21.3 Å². The SMILES string of the molecule is COC(=O)c1cn2c(c(OC)c1=O)C(=O)N1[C@H](C2)[C@@H]2C[C@H]1[C@H]1C[C@@H]21.COc1c2n(cc(C(=O)NCc3c(F)cc(F)cc3F)c1=O)C[C@@H]1[C@@H]3C[C@@H]([C@H]4C[C@@H]34)N1C2=O.O=C(NCc1c(F)cc(F)cc1F)c1cn2c(c(O)c1=O)C(=O)N1[C@H](C2)[C@@H]2C[C@H]1[C@H]1C[C@@H]21. The van der Waals surface area contributed by atoms with Gasteiger partial charge in [0, 0.05) is 105 Å². The van der Waals surface area contributed by atoms with Crippen LogP contribution in [0.5, 0.6) is 17.2 Å². The van der Waals surface area contributed by atoms with E-state index in [1.165, 1.54) is 50.9 Å². The minimum atomic E-state index is -1.17. The van der Waals surface area contributed by atoms with Gasteiger partial charge >= 0.3 is 5.97 Å². The van der Waals surface area contributed by atoms with Crippen LogP contribution in [-0.4, -0.2) is 127 Å². The Morgan fingerprint density at radius 1 is 0.461 bits per heavy atom. The Balaban J connectivity index is 0.000000113. The Hall–Kier alpha value is -8.91. The summed E-state index contributed by atoms with van der Waals surface area (Å²) in [5.74, 6) is -6.18. The van der Waals surface area contributed by atoms with Gasteiger partial charge in [-0.15, -0.1) is 0 Å². The zero-order valence-corrected chi connectivity index (χ0v) is 47.8. The lowest BCUT2D eigenvalue weighted by Crippen LogP contribution is -2.53. The van der Waals surface area contributed by atoms with Crippen molar-refractivity contribution < 1.29 is 74.4 Å². The van der Waals surface area contributed by atoms with Crippen LogP contribution < -0.4 is 36.4 Å². The third-order valence-corrected chi connectivity index (χ3v) is 21.5. The quantitative estimate of drug-likeness (QED) is 0.138. The monoisotopic (exact) mass is 1230 g/mol. The normalized spacial score (nSPS) is 30.2. The maximum Gasteiger partial charge on any atom is 0.343 e. The summed E-state index contributed by atoms with van der Waals surface area (Å²) in [6, 6.07) is 2.80. The summed E-state index contributed by atoms with van der Waals surface area (Å²) >= 11 is 0. The molecule has 2 aromatic carbocycles. The largest absolute Gasteiger partial charge is 0.503 e. The molecule has 21 nitrogen and oxygen atoms in total. The van der Waals surface area contributed by atoms with E-state index >= 15 is 0 Å². The van der Waals surface area contributed by atoms with Gasteiger partial charge in [0.25, 0.3) is 29.5 Å². The molecule has 464 valence electrons. The number of rotatable bonds is 9. The number of hydrogen-bond donors (Lipinski definition) is 3. The van der Waals surface area contributed by atoms with Gasteiger partial charge in [0.2, 0.25) is 16.3 Å². The Morgan fingerprint density at radius 2 is 0.787 bits per heavy atom. The van der Waals surface area contributed by atoms with Crippen molar-refractivity contribution in [2.24, 2.45) is 53.3 Å². The average Bonchev–Trinajstić information content (AvgIpc) is 1.54. The first-order valence-corrected chi connectivity index (χ1v) is 29.6. The second-order valence-corrected chi connectivity index (χ2v) is 25.5. The van der Waals surface area contributed by atoms with Gasteiger partial charge in [0.05, 0.1) is 39.5 Å². The van der Waals surface area contributed by atoms with Crippen molar-refractivity contribution in [1.29, 1.82) is 0 Å². The number of carbonyl (C=O) groups excluding carboxylic acids is 6. The van der Waals surface area contributed by atoms with Crippen LogP contribution in [0.15, 0.2) is 57.2 Å². The van der Waals surface area contributed by atoms with Crippen molar-refractivity contribution in [3.8, 4) is 17.2 Å². The highest BCUT2D eigenvalue weighted by molar-refractivity contribution is 6.01. The molecule has 9 heterocycles. The number of piperidine rings is 3. The van der Waals surface area contributed by atoms with Crippen LogP contribution in [0, 0.1) is 88.2 Å². The summed E-state index contributed by atoms with van der Waals surface area (Å²) in [7, 11) is 3.84. The third-order valence-electron chi connectivity index (χ3n) is 21.5. The molecule has 6 aliphatic heterocycles. The highest BCUT2D eigenvalue weighted by Crippen LogP contribution is 2.66. The molecule has 6 aliphatic carbocycles. The predicted molar refractivity (Wildman–Crippen MR) is 294 cm³/mol. The van der Waals surface area contributed by atoms with Gasteiger partial charge in [-0.1, -0.05) is 0 Å². The smallest absolute Gasteiger partial charge is 0.343 e. The molecule has 5 amide bonds. The fraction of sp³-hybridized carbons (Fsp3) is 0.468. The number of nitrogens with zero attached hydrogens (tertiary/aromatic N) is 6. The third kappa shape index (κ3) is 8.36. The Labute approximate surface area is 500 Å².